The topological polar surface area (TPSA) is 95.9 Å². The number of aliphatic hydroxyl groups is 2. The number of aliphatic hydroxyl groups excluding tert-OH is 2. The second-order valence-corrected chi connectivity index (χ2v) is 23.5. The number of rotatable bonds is 64. The zero-order valence-electron chi connectivity index (χ0n) is 51.7. The van der Waals surface area contributed by atoms with Crippen molar-refractivity contribution in [2.75, 3.05) is 13.2 Å². The van der Waals surface area contributed by atoms with E-state index < -0.39 is 12.1 Å². The van der Waals surface area contributed by atoms with E-state index >= 15 is 0 Å². The minimum atomic E-state index is -0.848. The summed E-state index contributed by atoms with van der Waals surface area (Å²) in [6.07, 6.45) is 86.1. The maximum atomic E-state index is 12.5. The normalized spacial score (nSPS) is 12.8. The molecule has 2 unspecified atom stereocenters. The van der Waals surface area contributed by atoms with E-state index in [0.717, 1.165) is 51.4 Å². The summed E-state index contributed by atoms with van der Waals surface area (Å²) in [6, 6.07) is -0.632. The van der Waals surface area contributed by atoms with Crippen LogP contribution in [0.15, 0.2) is 48.6 Å². The van der Waals surface area contributed by atoms with Crippen molar-refractivity contribution < 1.29 is 24.5 Å². The van der Waals surface area contributed by atoms with Gasteiger partial charge >= 0.3 is 5.97 Å². The predicted octanol–water partition coefficient (Wildman–Crippen LogP) is 22.1. The maximum Gasteiger partial charge on any atom is 0.305 e. The highest BCUT2D eigenvalue weighted by atomic mass is 16.5. The third kappa shape index (κ3) is 62.9. The number of hydrogen-bond acceptors (Lipinski definition) is 5. The fourth-order valence-electron chi connectivity index (χ4n) is 10.5. The SMILES string of the molecule is CCCCCC/C=C\CCCCCCCC(=O)OCCCCCCCCCCC/C=C\C/C=C\CCCCCCCCCCCCCC(=O)NC(CO)C(O)/C=C/CCCCCCCCCCCCCCCCCCCC. The van der Waals surface area contributed by atoms with Gasteiger partial charge < -0.3 is 20.3 Å². The van der Waals surface area contributed by atoms with Gasteiger partial charge in [0, 0.05) is 12.8 Å². The molecule has 0 spiro atoms. The van der Waals surface area contributed by atoms with E-state index in [9.17, 15) is 19.8 Å². The summed E-state index contributed by atoms with van der Waals surface area (Å²) in [7, 11) is 0. The second kappa shape index (κ2) is 66.3. The van der Waals surface area contributed by atoms with Crippen molar-refractivity contribution in [1.29, 1.82) is 0 Å². The molecule has 0 saturated carbocycles. The van der Waals surface area contributed by atoms with Crippen LogP contribution in [0.25, 0.3) is 0 Å². The molecule has 0 aromatic heterocycles. The van der Waals surface area contributed by atoms with Gasteiger partial charge in [0.2, 0.25) is 5.91 Å². The molecule has 0 aromatic carbocycles. The molecule has 0 heterocycles. The summed E-state index contributed by atoms with van der Waals surface area (Å²) in [5, 5.41) is 23.2. The minimum absolute atomic E-state index is 0.000988. The molecule has 0 aliphatic carbocycles. The lowest BCUT2D eigenvalue weighted by atomic mass is 10.0. The van der Waals surface area contributed by atoms with E-state index in [1.807, 2.05) is 6.08 Å². The highest BCUT2D eigenvalue weighted by molar-refractivity contribution is 5.76. The molecule has 1 amide bonds. The Labute approximate surface area is 480 Å². The van der Waals surface area contributed by atoms with Crippen LogP contribution in [-0.4, -0.2) is 47.4 Å². The summed E-state index contributed by atoms with van der Waals surface area (Å²) >= 11 is 0. The first-order valence-electron chi connectivity index (χ1n) is 34.4. The quantitative estimate of drug-likeness (QED) is 0.0320. The van der Waals surface area contributed by atoms with Crippen LogP contribution in [0.1, 0.15) is 367 Å². The highest BCUT2D eigenvalue weighted by Gasteiger charge is 2.18. The van der Waals surface area contributed by atoms with Crippen LogP contribution in [0.5, 0.6) is 0 Å². The molecular weight excluding hydrogens is 947 g/mol. The van der Waals surface area contributed by atoms with Crippen molar-refractivity contribution in [3.05, 3.63) is 48.6 Å². The molecule has 0 aliphatic rings. The van der Waals surface area contributed by atoms with Gasteiger partial charge in [-0.2, -0.15) is 0 Å². The summed E-state index contributed by atoms with van der Waals surface area (Å²) < 4.78 is 5.47. The Hall–Kier alpha value is -2.18. The average molecular weight is 1080 g/mol. The van der Waals surface area contributed by atoms with Crippen molar-refractivity contribution >= 4 is 11.9 Å². The third-order valence-electron chi connectivity index (χ3n) is 15.8. The molecule has 0 aromatic rings. The van der Waals surface area contributed by atoms with E-state index in [1.54, 1.807) is 6.08 Å². The van der Waals surface area contributed by atoms with Crippen LogP contribution < -0.4 is 5.32 Å². The van der Waals surface area contributed by atoms with Gasteiger partial charge in [-0.1, -0.05) is 313 Å². The first-order chi connectivity index (χ1) is 38.0. The second-order valence-electron chi connectivity index (χ2n) is 23.5. The lowest BCUT2D eigenvalue weighted by Crippen LogP contribution is -2.45. The number of ether oxygens (including phenoxy) is 1. The molecule has 452 valence electrons. The molecule has 6 heteroatoms. The molecule has 0 radical (unpaired) electrons. The third-order valence-corrected chi connectivity index (χ3v) is 15.8. The van der Waals surface area contributed by atoms with E-state index in [-0.39, 0.29) is 18.5 Å². The molecule has 0 rings (SSSR count). The van der Waals surface area contributed by atoms with Gasteiger partial charge in [0.1, 0.15) is 0 Å². The highest BCUT2D eigenvalue weighted by Crippen LogP contribution is 2.18. The Balaban J connectivity index is 3.45. The van der Waals surface area contributed by atoms with E-state index in [2.05, 4.69) is 55.6 Å². The largest absolute Gasteiger partial charge is 0.466 e. The molecule has 77 heavy (non-hydrogen) atoms. The van der Waals surface area contributed by atoms with Crippen molar-refractivity contribution in [1.82, 2.24) is 5.32 Å². The molecule has 6 nitrogen and oxygen atoms in total. The zero-order valence-corrected chi connectivity index (χ0v) is 51.7. The molecule has 0 aliphatic heterocycles. The summed E-state index contributed by atoms with van der Waals surface area (Å²) in [5.74, 6) is -0.0675. The lowest BCUT2D eigenvalue weighted by Gasteiger charge is -2.20. The number of unbranched alkanes of at least 4 members (excludes halogenated alkanes) is 47. The number of carbonyl (C=O) groups is 2. The summed E-state index contributed by atoms with van der Waals surface area (Å²) in [4.78, 5) is 24.5. The van der Waals surface area contributed by atoms with Crippen LogP contribution >= 0.6 is 0 Å². The van der Waals surface area contributed by atoms with Gasteiger partial charge in [-0.05, 0) is 89.9 Å². The van der Waals surface area contributed by atoms with Crippen LogP contribution in [-0.2, 0) is 14.3 Å². The Morgan fingerprint density at radius 1 is 0.364 bits per heavy atom. The van der Waals surface area contributed by atoms with Crippen molar-refractivity contribution in [2.24, 2.45) is 0 Å². The number of amides is 1. The summed E-state index contributed by atoms with van der Waals surface area (Å²) in [6.45, 7) is 4.91. The van der Waals surface area contributed by atoms with Crippen LogP contribution in [0.3, 0.4) is 0 Å². The molecule has 0 bridgehead atoms. The fraction of sp³-hybridized carbons (Fsp3) is 0.859. The first kappa shape index (κ1) is 74.8. The van der Waals surface area contributed by atoms with Crippen LogP contribution in [0, 0.1) is 0 Å². The van der Waals surface area contributed by atoms with Gasteiger partial charge in [-0.25, -0.2) is 0 Å². The molecule has 3 N–H and O–H groups in total. The van der Waals surface area contributed by atoms with Gasteiger partial charge in [-0.3, -0.25) is 9.59 Å². The number of allylic oxidation sites excluding steroid dienone is 7. The number of nitrogens with one attached hydrogen (secondary N) is 1. The Kier molecular flexibility index (Phi) is 64.5. The number of esters is 1. The number of carbonyl (C=O) groups excluding carboxylic acids is 2. The van der Waals surface area contributed by atoms with Crippen LogP contribution in [0.4, 0.5) is 0 Å². The van der Waals surface area contributed by atoms with Crippen LogP contribution in [0.2, 0.25) is 0 Å². The number of hydrogen-bond donors (Lipinski definition) is 3. The summed E-state index contributed by atoms with van der Waals surface area (Å²) in [5.41, 5.74) is 0. The van der Waals surface area contributed by atoms with E-state index in [0.29, 0.717) is 19.4 Å². The van der Waals surface area contributed by atoms with Crippen molar-refractivity contribution in [3.8, 4) is 0 Å². The monoisotopic (exact) mass is 1080 g/mol. The first-order valence-corrected chi connectivity index (χ1v) is 34.4. The Bertz CT molecular complexity index is 1290. The standard InChI is InChI=1S/C71H133NO5/c1-3-5-7-9-11-13-15-17-18-19-20-30-33-36-40-43-47-51-55-59-63-69(74)68(67-73)72-70(75)64-60-56-52-48-44-41-37-34-31-28-26-24-22-21-23-25-27-29-32-35-38-42-46-50-54-58-62-66-77-71(76)65-61-57-53-49-45-39-16-14-12-10-8-6-4-2/h14,16,21-22,25,27,59,63,68-69,73-74H,3-13,15,17-20,23-24,26,28-58,60-62,64-67H2,1-2H3,(H,72,75)/b16-14-,22-21-,27-25-,63-59+. The average Bonchev–Trinajstić information content (AvgIpc) is 3.43. The minimum Gasteiger partial charge on any atom is -0.466 e. The van der Waals surface area contributed by atoms with Crippen molar-refractivity contribution in [2.45, 2.75) is 379 Å². The zero-order chi connectivity index (χ0) is 55.7. The molecule has 0 saturated heterocycles. The Morgan fingerprint density at radius 3 is 1.01 bits per heavy atom. The fourth-order valence-corrected chi connectivity index (χ4v) is 10.5. The van der Waals surface area contributed by atoms with Gasteiger partial charge in [0.25, 0.3) is 0 Å². The maximum absolute atomic E-state index is 12.5. The van der Waals surface area contributed by atoms with Crippen molar-refractivity contribution in [3.63, 3.8) is 0 Å². The van der Waals surface area contributed by atoms with Gasteiger partial charge in [0.15, 0.2) is 0 Å². The molecular formula is C71H133NO5. The smallest absolute Gasteiger partial charge is 0.305 e. The van der Waals surface area contributed by atoms with E-state index in [1.165, 1.54) is 289 Å². The molecule has 0 fully saturated rings. The molecule has 2 atom stereocenters. The van der Waals surface area contributed by atoms with E-state index in [4.69, 9.17) is 4.74 Å². The Morgan fingerprint density at radius 2 is 0.649 bits per heavy atom. The van der Waals surface area contributed by atoms with Gasteiger partial charge in [-0.15, -0.1) is 0 Å². The predicted molar refractivity (Wildman–Crippen MR) is 338 cm³/mol. The van der Waals surface area contributed by atoms with Gasteiger partial charge in [0.05, 0.1) is 25.4 Å². The lowest BCUT2D eigenvalue weighted by molar-refractivity contribution is -0.143.